The molecule has 0 amide bonds. The molecule has 0 aliphatic heterocycles. The number of hydrogen-bond acceptors (Lipinski definition) is 3. The Morgan fingerprint density at radius 1 is 1.00 bits per heavy atom. The van der Waals surface area contributed by atoms with Crippen LogP contribution >= 0.6 is 0 Å². The highest BCUT2D eigenvalue weighted by atomic mass is 28.4. The summed E-state index contributed by atoms with van der Waals surface area (Å²) < 4.78 is 11.0. The molecule has 0 N–H and O–H groups in total. The smallest absolute Gasteiger partial charge is 0.334 e. The Bertz CT molecular complexity index is 174. The molecular weight excluding hydrogens is 218 g/mol. The maximum atomic E-state index is 5.49. The van der Waals surface area contributed by atoms with E-state index in [1.54, 1.807) is 14.2 Å². The summed E-state index contributed by atoms with van der Waals surface area (Å²) in [4.78, 5) is 2.51. The van der Waals surface area contributed by atoms with Crippen molar-refractivity contribution in [3.05, 3.63) is 0 Å². The topological polar surface area (TPSA) is 21.7 Å². The van der Waals surface area contributed by atoms with Gasteiger partial charge in [-0.15, -0.1) is 0 Å². The molecule has 0 saturated heterocycles. The van der Waals surface area contributed by atoms with Crippen molar-refractivity contribution in [2.24, 2.45) is 0 Å². The zero-order chi connectivity index (χ0) is 12.8. The summed E-state index contributed by atoms with van der Waals surface area (Å²) >= 11 is 0. The van der Waals surface area contributed by atoms with Crippen LogP contribution in [0.2, 0.25) is 12.6 Å². The molecule has 0 aliphatic rings. The third-order valence-corrected chi connectivity index (χ3v) is 6.23. The van der Waals surface area contributed by atoms with E-state index >= 15 is 0 Å². The van der Waals surface area contributed by atoms with Crippen molar-refractivity contribution in [1.82, 2.24) is 4.90 Å². The van der Waals surface area contributed by atoms with Crippen LogP contribution in [0.4, 0.5) is 0 Å². The minimum absolute atomic E-state index is 0.609. The van der Waals surface area contributed by atoms with Crippen molar-refractivity contribution in [3.8, 4) is 0 Å². The van der Waals surface area contributed by atoms with E-state index in [0.29, 0.717) is 12.1 Å². The van der Waals surface area contributed by atoms with E-state index in [9.17, 15) is 0 Å². The minimum Gasteiger partial charge on any atom is -0.398 e. The lowest BCUT2D eigenvalue weighted by Gasteiger charge is -2.31. The Morgan fingerprint density at radius 3 is 1.75 bits per heavy atom. The molecule has 0 fully saturated rings. The third-order valence-electron chi connectivity index (χ3n) is 3.24. The maximum Gasteiger partial charge on any atom is 0.334 e. The van der Waals surface area contributed by atoms with Crippen molar-refractivity contribution in [2.45, 2.75) is 58.8 Å². The van der Waals surface area contributed by atoms with E-state index in [0.717, 1.165) is 19.0 Å². The van der Waals surface area contributed by atoms with E-state index in [1.807, 2.05) is 0 Å². The van der Waals surface area contributed by atoms with E-state index in [1.165, 1.54) is 0 Å². The Morgan fingerprint density at radius 2 is 1.44 bits per heavy atom. The van der Waals surface area contributed by atoms with Gasteiger partial charge in [0.05, 0.1) is 0 Å². The summed E-state index contributed by atoms with van der Waals surface area (Å²) in [6, 6.07) is 2.28. The fourth-order valence-corrected chi connectivity index (χ4v) is 3.36. The third kappa shape index (κ3) is 5.43. The summed E-state index contributed by atoms with van der Waals surface area (Å²) in [6.45, 7) is 12.3. The van der Waals surface area contributed by atoms with Crippen molar-refractivity contribution in [3.63, 3.8) is 0 Å². The van der Waals surface area contributed by atoms with Crippen molar-refractivity contribution in [1.29, 1.82) is 0 Å². The lowest BCUT2D eigenvalue weighted by molar-refractivity contribution is 0.171. The molecule has 16 heavy (non-hydrogen) atoms. The number of nitrogens with zero attached hydrogens (tertiary/aromatic N) is 1. The predicted molar refractivity (Wildman–Crippen MR) is 72.0 cm³/mol. The first-order valence-electron chi connectivity index (χ1n) is 6.22. The standard InChI is InChI=1S/C12H29NO2Si/c1-11(2)13(12(3)4)9-8-10-16(7,14-5)15-6/h11-12H,8-10H2,1-7H3. The number of hydrogen-bond donors (Lipinski definition) is 0. The van der Waals surface area contributed by atoms with Crippen LogP contribution in [0.25, 0.3) is 0 Å². The van der Waals surface area contributed by atoms with Crippen LogP contribution in [0, 0.1) is 0 Å². The minimum atomic E-state index is -1.86. The molecule has 0 aromatic rings. The molecule has 98 valence electrons. The van der Waals surface area contributed by atoms with Crippen LogP contribution in [0.5, 0.6) is 0 Å². The fourth-order valence-electron chi connectivity index (χ4n) is 1.98. The largest absolute Gasteiger partial charge is 0.398 e. The van der Waals surface area contributed by atoms with Crippen LogP contribution in [-0.2, 0) is 8.85 Å². The van der Waals surface area contributed by atoms with Crippen molar-refractivity contribution >= 4 is 8.56 Å². The van der Waals surface area contributed by atoms with Crippen LogP contribution in [-0.4, -0.2) is 46.3 Å². The normalized spacial score (nSPS) is 13.1. The van der Waals surface area contributed by atoms with Gasteiger partial charge in [-0.05, 0) is 53.3 Å². The molecule has 4 heteroatoms. The monoisotopic (exact) mass is 247 g/mol. The molecule has 3 nitrogen and oxygen atoms in total. The van der Waals surface area contributed by atoms with Gasteiger partial charge >= 0.3 is 8.56 Å². The Balaban J connectivity index is 4.04. The van der Waals surface area contributed by atoms with E-state index < -0.39 is 8.56 Å². The molecule has 0 aromatic heterocycles. The van der Waals surface area contributed by atoms with Gasteiger partial charge in [-0.3, -0.25) is 4.90 Å². The Labute approximate surface area is 102 Å². The number of rotatable bonds is 8. The van der Waals surface area contributed by atoms with Gasteiger partial charge in [0.1, 0.15) is 0 Å². The highest BCUT2D eigenvalue weighted by Gasteiger charge is 2.28. The molecule has 0 heterocycles. The van der Waals surface area contributed by atoms with E-state index in [4.69, 9.17) is 8.85 Å². The van der Waals surface area contributed by atoms with Gasteiger partial charge in [0.25, 0.3) is 0 Å². The van der Waals surface area contributed by atoms with Crippen LogP contribution in [0.1, 0.15) is 34.1 Å². The molecule has 0 aromatic carbocycles. The van der Waals surface area contributed by atoms with Gasteiger partial charge in [0.2, 0.25) is 0 Å². The lowest BCUT2D eigenvalue weighted by Crippen LogP contribution is -2.40. The van der Waals surface area contributed by atoms with Gasteiger partial charge in [0.15, 0.2) is 0 Å². The molecule has 0 bridgehead atoms. The quantitative estimate of drug-likeness (QED) is 0.616. The summed E-state index contributed by atoms with van der Waals surface area (Å²) in [7, 11) is 1.66. The molecule has 0 rings (SSSR count). The molecule has 0 atom stereocenters. The molecule has 0 aliphatic carbocycles. The average molecular weight is 247 g/mol. The zero-order valence-corrected chi connectivity index (χ0v) is 13.0. The second kappa shape index (κ2) is 7.43. The van der Waals surface area contributed by atoms with Gasteiger partial charge in [-0.25, -0.2) is 0 Å². The predicted octanol–water partition coefficient (Wildman–Crippen LogP) is 2.86. The van der Waals surface area contributed by atoms with Gasteiger partial charge in [-0.1, -0.05) is 0 Å². The van der Waals surface area contributed by atoms with Crippen molar-refractivity contribution in [2.75, 3.05) is 20.8 Å². The first-order valence-corrected chi connectivity index (χ1v) is 8.74. The first-order chi connectivity index (χ1) is 7.36. The first kappa shape index (κ1) is 16.1. The molecule has 0 spiro atoms. The maximum absolute atomic E-state index is 5.49. The van der Waals surface area contributed by atoms with E-state index in [2.05, 4.69) is 39.1 Å². The fraction of sp³-hybridized carbons (Fsp3) is 1.00. The summed E-state index contributed by atoms with van der Waals surface area (Å²) in [5.41, 5.74) is 0. The average Bonchev–Trinajstić information content (AvgIpc) is 2.23. The SMILES string of the molecule is CO[Si](C)(CCCN(C(C)C)C(C)C)OC. The Hall–Kier alpha value is 0.0969. The van der Waals surface area contributed by atoms with E-state index in [-0.39, 0.29) is 0 Å². The van der Waals surface area contributed by atoms with Gasteiger partial charge in [0, 0.05) is 26.3 Å². The summed E-state index contributed by atoms with van der Waals surface area (Å²) in [5, 5.41) is 0. The van der Waals surface area contributed by atoms with Crippen LogP contribution in [0.15, 0.2) is 0 Å². The second-order valence-corrected chi connectivity index (χ2v) is 8.66. The van der Waals surface area contributed by atoms with Crippen LogP contribution in [0.3, 0.4) is 0 Å². The highest BCUT2D eigenvalue weighted by molar-refractivity contribution is 6.65. The summed E-state index contributed by atoms with van der Waals surface area (Å²) in [5.74, 6) is 0. The Kier molecular flexibility index (Phi) is 7.47. The molecule has 0 radical (unpaired) electrons. The highest BCUT2D eigenvalue weighted by Crippen LogP contribution is 2.15. The van der Waals surface area contributed by atoms with Crippen LogP contribution < -0.4 is 0 Å². The molecular formula is C12H29NO2Si. The zero-order valence-electron chi connectivity index (χ0n) is 12.0. The molecule has 0 saturated carbocycles. The van der Waals surface area contributed by atoms with Gasteiger partial charge in [-0.2, -0.15) is 0 Å². The lowest BCUT2D eigenvalue weighted by atomic mass is 10.2. The van der Waals surface area contributed by atoms with Gasteiger partial charge < -0.3 is 8.85 Å². The van der Waals surface area contributed by atoms with Crippen molar-refractivity contribution < 1.29 is 8.85 Å². The second-order valence-electron chi connectivity index (χ2n) is 5.07. The summed E-state index contributed by atoms with van der Waals surface area (Å²) in [6.07, 6.45) is 1.15. The molecule has 0 unspecified atom stereocenters.